The fourth-order valence-electron chi connectivity index (χ4n) is 2.77. The summed E-state index contributed by atoms with van der Waals surface area (Å²) in [5.41, 5.74) is 16.3. The lowest BCUT2D eigenvalue weighted by Crippen LogP contribution is -2.58. The minimum Gasteiger partial charge on any atom is -0.480 e. The Morgan fingerprint density at radius 2 is 1.42 bits per heavy atom. The first-order chi connectivity index (χ1) is 15.3. The number of aliphatic imine (C=N–C) groups is 1. The molecular formula is C20H39N7O5S. The van der Waals surface area contributed by atoms with Gasteiger partial charge in [-0.25, -0.2) is 4.79 Å². The molecule has 3 amide bonds. The fraction of sp³-hybridized carbons (Fsp3) is 0.750. The Morgan fingerprint density at radius 3 is 1.88 bits per heavy atom. The van der Waals surface area contributed by atoms with Gasteiger partial charge < -0.3 is 38.3 Å². The number of amides is 3. The van der Waals surface area contributed by atoms with Crippen LogP contribution in [0.1, 0.15) is 47.0 Å². The van der Waals surface area contributed by atoms with Crippen molar-refractivity contribution in [2.75, 3.05) is 12.3 Å². The van der Waals surface area contributed by atoms with E-state index in [0.29, 0.717) is 12.8 Å². The average molecular weight is 490 g/mol. The predicted octanol–water partition coefficient (Wildman–Crippen LogP) is -1.46. The molecule has 4 atom stereocenters. The normalized spacial score (nSPS) is 14.7. The number of guanidine groups is 1. The Bertz CT molecular complexity index is 698. The monoisotopic (exact) mass is 489 g/mol. The first-order valence-electron chi connectivity index (χ1n) is 10.9. The summed E-state index contributed by atoms with van der Waals surface area (Å²) in [6.07, 6.45) is 0.738. The number of carbonyl (C=O) groups excluding carboxylic acids is 3. The fourth-order valence-corrected chi connectivity index (χ4v) is 3.03. The van der Waals surface area contributed by atoms with Crippen molar-refractivity contribution in [1.29, 1.82) is 0 Å². The van der Waals surface area contributed by atoms with Gasteiger partial charge in [-0.3, -0.25) is 19.4 Å². The zero-order valence-electron chi connectivity index (χ0n) is 19.7. The highest BCUT2D eigenvalue weighted by molar-refractivity contribution is 7.80. The van der Waals surface area contributed by atoms with Crippen molar-refractivity contribution in [2.24, 2.45) is 34.0 Å². The van der Waals surface area contributed by atoms with Gasteiger partial charge in [-0.2, -0.15) is 12.6 Å². The van der Waals surface area contributed by atoms with Crippen LogP contribution in [0.3, 0.4) is 0 Å². The Labute approximate surface area is 200 Å². The third kappa shape index (κ3) is 12.3. The molecule has 0 spiro atoms. The van der Waals surface area contributed by atoms with Gasteiger partial charge in [-0.15, -0.1) is 0 Å². The van der Waals surface area contributed by atoms with E-state index in [4.69, 9.17) is 17.2 Å². The second-order valence-corrected chi connectivity index (χ2v) is 8.92. The molecule has 0 aromatic heterocycles. The Hall–Kier alpha value is -2.54. The number of aliphatic carboxylic acids is 1. The topological polar surface area (TPSA) is 215 Å². The summed E-state index contributed by atoms with van der Waals surface area (Å²) in [7, 11) is 0. The molecule has 0 saturated carbocycles. The molecule has 0 aliphatic carbocycles. The molecule has 0 radical (unpaired) electrons. The van der Waals surface area contributed by atoms with Gasteiger partial charge in [0.05, 0.1) is 6.04 Å². The highest BCUT2D eigenvalue weighted by Gasteiger charge is 2.30. The van der Waals surface area contributed by atoms with Gasteiger partial charge in [0.1, 0.15) is 18.1 Å². The first kappa shape index (κ1) is 30.5. The third-order valence-electron chi connectivity index (χ3n) is 4.74. The van der Waals surface area contributed by atoms with Crippen molar-refractivity contribution in [3.8, 4) is 0 Å². The summed E-state index contributed by atoms with van der Waals surface area (Å²) >= 11 is 4.10. The van der Waals surface area contributed by atoms with Gasteiger partial charge in [0.25, 0.3) is 0 Å². The molecule has 10 N–H and O–H groups in total. The largest absolute Gasteiger partial charge is 0.480 e. The molecule has 0 aromatic rings. The molecule has 12 nitrogen and oxygen atoms in total. The molecule has 0 rings (SSSR count). The smallest absolute Gasteiger partial charge is 0.326 e. The molecule has 0 aliphatic heterocycles. The van der Waals surface area contributed by atoms with E-state index in [1.807, 2.05) is 13.8 Å². The lowest BCUT2D eigenvalue weighted by Gasteiger charge is -2.26. The standard InChI is InChI=1S/C20H39N7O5S/c1-10(2)8-13(26-18(30)15(21)11(3)4)16(28)27-14(9-33)17(29)25-12(19(31)32)6-5-7-24-20(22)23/h10-15,33H,5-9,21H2,1-4H3,(H,25,29)(H,26,30)(H,27,28)(H,31,32)(H4,22,23,24). The molecule has 4 unspecified atom stereocenters. The number of nitrogens with one attached hydrogen (secondary N) is 3. The van der Waals surface area contributed by atoms with Gasteiger partial charge in [0.15, 0.2) is 5.96 Å². The van der Waals surface area contributed by atoms with Crippen molar-refractivity contribution < 1.29 is 24.3 Å². The van der Waals surface area contributed by atoms with Crippen LogP contribution in [0.25, 0.3) is 0 Å². The second-order valence-electron chi connectivity index (χ2n) is 8.55. The molecular weight excluding hydrogens is 450 g/mol. The summed E-state index contributed by atoms with van der Waals surface area (Å²) in [6, 6.07) is -3.99. The van der Waals surface area contributed by atoms with E-state index < -0.39 is 47.9 Å². The maximum atomic E-state index is 12.8. The first-order valence-corrected chi connectivity index (χ1v) is 11.5. The van der Waals surface area contributed by atoms with Crippen LogP contribution in [-0.2, 0) is 19.2 Å². The minimum atomic E-state index is -1.23. The van der Waals surface area contributed by atoms with Gasteiger partial charge in [0.2, 0.25) is 17.7 Å². The number of thiol groups is 1. The number of carboxylic acid groups (broad SMARTS) is 1. The van der Waals surface area contributed by atoms with E-state index in [9.17, 15) is 24.3 Å². The maximum Gasteiger partial charge on any atom is 0.326 e. The highest BCUT2D eigenvalue weighted by atomic mass is 32.1. The van der Waals surface area contributed by atoms with E-state index >= 15 is 0 Å². The Balaban J connectivity index is 5.19. The summed E-state index contributed by atoms with van der Waals surface area (Å²) < 4.78 is 0. The average Bonchev–Trinajstić information content (AvgIpc) is 2.71. The molecule has 0 saturated heterocycles. The van der Waals surface area contributed by atoms with Crippen LogP contribution in [0.15, 0.2) is 4.99 Å². The number of carboxylic acids is 1. The van der Waals surface area contributed by atoms with Gasteiger partial charge >= 0.3 is 5.97 Å². The Morgan fingerprint density at radius 1 is 0.909 bits per heavy atom. The second kappa shape index (κ2) is 15.3. The summed E-state index contributed by atoms with van der Waals surface area (Å²) in [6.45, 7) is 7.57. The Kier molecular flexibility index (Phi) is 14.1. The zero-order chi connectivity index (χ0) is 25.7. The zero-order valence-corrected chi connectivity index (χ0v) is 20.6. The molecule has 0 fully saturated rings. The molecule has 13 heteroatoms. The maximum absolute atomic E-state index is 12.8. The third-order valence-corrected chi connectivity index (χ3v) is 5.10. The summed E-state index contributed by atoms with van der Waals surface area (Å²) in [4.78, 5) is 53.1. The van der Waals surface area contributed by atoms with Crippen LogP contribution in [0, 0.1) is 11.8 Å². The number of rotatable bonds is 15. The van der Waals surface area contributed by atoms with Crippen LogP contribution >= 0.6 is 12.6 Å². The molecule has 190 valence electrons. The van der Waals surface area contributed by atoms with Crippen molar-refractivity contribution >= 4 is 42.3 Å². The number of hydrogen-bond acceptors (Lipinski definition) is 7. The van der Waals surface area contributed by atoms with Crippen molar-refractivity contribution in [3.63, 3.8) is 0 Å². The molecule has 33 heavy (non-hydrogen) atoms. The number of nitrogens with two attached hydrogens (primary N) is 3. The number of nitrogens with zero attached hydrogens (tertiary/aromatic N) is 1. The van der Waals surface area contributed by atoms with Crippen LogP contribution in [0.5, 0.6) is 0 Å². The number of carbonyl (C=O) groups is 4. The lowest BCUT2D eigenvalue weighted by atomic mass is 10.0. The van der Waals surface area contributed by atoms with E-state index in [0.717, 1.165) is 0 Å². The van der Waals surface area contributed by atoms with E-state index in [1.54, 1.807) is 13.8 Å². The summed E-state index contributed by atoms with van der Waals surface area (Å²) in [5.74, 6) is -3.23. The van der Waals surface area contributed by atoms with Crippen molar-refractivity contribution in [1.82, 2.24) is 16.0 Å². The van der Waals surface area contributed by atoms with Crippen molar-refractivity contribution in [2.45, 2.75) is 71.1 Å². The summed E-state index contributed by atoms with van der Waals surface area (Å²) in [5, 5.41) is 17.0. The molecule has 0 aromatic carbocycles. The number of hydrogen-bond donors (Lipinski definition) is 8. The lowest BCUT2D eigenvalue weighted by molar-refractivity contribution is -0.142. The predicted molar refractivity (Wildman–Crippen MR) is 129 cm³/mol. The SMILES string of the molecule is CC(C)CC(NC(=O)C(N)C(C)C)C(=O)NC(CS)C(=O)NC(CCCN=C(N)N)C(=O)O. The van der Waals surface area contributed by atoms with Crippen LogP contribution in [0.4, 0.5) is 0 Å². The van der Waals surface area contributed by atoms with Gasteiger partial charge in [0, 0.05) is 12.3 Å². The van der Waals surface area contributed by atoms with E-state index in [2.05, 4.69) is 33.6 Å². The van der Waals surface area contributed by atoms with E-state index in [-0.39, 0.29) is 36.5 Å². The van der Waals surface area contributed by atoms with Crippen molar-refractivity contribution in [3.05, 3.63) is 0 Å². The van der Waals surface area contributed by atoms with E-state index in [1.165, 1.54) is 0 Å². The quantitative estimate of drug-likeness (QED) is 0.0587. The van der Waals surface area contributed by atoms with Gasteiger partial charge in [-0.05, 0) is 31.1 Å². The van der Waals surface area contributed by atoms with Crippen LogP contribution in [0.2, 0.25) is 0 Å². The van der Waals surface area contributed by atoms with Crippen LogP contribution < -0.4 is 33.2 Å². The molecule has 0 bridgehead atoms. The molecule has 0 aliphatic rings. The van der Waals surface area contributed by atoms with Crippen LogP contribution in [-0.4, -0.2) is 71.2 Å². The molecule has 0 heterocycles. The minimum absolute atomic E-state index is 0.0706. The highest BCUT2D eigenvalue weighted by Crippen LogP contribution is 2.08. The van der Waals surface area contributed by atoms with Gasteiger partial charge in [-0.1, -0.05) is 27.7 Å².